The van der Waals surface area contributed by atoms with Crippen molar-refractivity contribution in [2.75, 3.05) is 18.1 Å². The van der Waals surface area contributed by atoms with Crippen LogP contribution in [0, 0.1) is 0 Å². The molecule has 0 aliphatic heterocycles. The van der Waals surface area contributed by atoms with Gasteiger partial charge in [0.2, 0.25) is 0 Å². The molecular weight excluding hydrogens is 163 g/mol. The van der Waals surface area contributed by atoms with Gasteiger partial charge >= 0.3 is 6.18 Å². The number of halogens is 3. The fraction of sp³-hybridized carbons (Fsp3) is 1.00. The molecule has 0 aromatic carbocycles. The highest BCUT2D eigenvalue weighted by Gasteiger charge is 2.26. The average molecular weight is 173 g/mol. The third kappa shape index (κ3) is 8.10. The maximum Gasteiger partial charge on any atom is 0.397 e. The van der Waals surface area contributed by atoms with E-state index in [0.29, 0.717) is 18.7 Å². The van der Waals surface area contributed by atoms with Gasteiger partial charge in [0.15, 0.2) is 0 Å². The second-order valence-corrected chi connectivity index (χ2v) is 2.92. The molecule has 0 aromatic heterocycles. The molecule has 0 spiro atoms. The highest BCUT2D eigenvalue weighted by molar-refractivity contribution is 7.99. The van der Waals surface area contributed by atoms with Crippen LogP contribution in [0.2, 0.25) is 0 Å². The van der Waals surface area contributed by atoms with Gasteiger partial charge in [0.25, 0.3) is 0 Å². The Balaban J connectivity index is 3.04. The van der Waals surface area contributed by atoms with Crippen LogP contribution in [0.1, 0.15) is 6.42 Å². The summed E-state index contributed by atoms with van der Waals surface area (Å²) in [5.41, 5.74) is 5.08. The molecule has 0 bridgehead atoms. The van der Waals surface area contributed by atoms with E-state index in [2.05, 4.69) is 0 Å². The molecule has 0 aliphatic carbocycles. The van der Waals surface area contributed by atoms with E-state index >= 15 is 0 Å². The molecule has 0 aromatic rings. The first kappa shape index (κ1) is 10.1. The minimum absolute atomic E-state index is 0.463. The van der Waals surface area contributed by atoms with Crippen molar-refractivity contribution in [1.29, 1.82) is 0 Å². The smallest absolute Gasteiger partial charge is 0.330 e. The van der Waals surface area contributed by atoms with E-state index in [0.717, 1.165) is 11.8 Å². The number of thioether (sulfide) groups is 1. The van der Waals surface area contributed by atoms with Crippen molar-refractivity contribution in [1.82, 2.24) is 0 Å². The molecular formula is C5H10F3NS. The topological polar surface area (TPSA) is 26.0 Å². The fourth-order valence-corrected chi connectivity index (χ4v) is 1.12. The number of hydrogen-bond donors (Lipinski definition) is 1. The minimum atomic E-state index is -4.03. The molecule has 1 nitrogen and oxygen atoms in total. The van der Waals surface area contributed by atoms with Gasteiger partial charge in [-0.3, -0.25) is 0 Å². The molecule has 0 unspecified atom stereocenters. The van der Waals surface area contributed by atoms with Gasteiger partial charge in [-0.2, -0.15) is 24.9 Å². The zero-order chi connectivity index (χ0) is 8.04. The van der Waals surface area contributed by atoms with Crippen LogP contribution in [0.25, 0.3) is 0 Å². The van der Waals surface area contributed by atoms with E-state index in [4.69, 9.17) is 5.73 Å². The molecule has 0 saturated heterocycles. The Bertz CT molecular complexity index is 83.5. The maximum atomic E-state index is 11.4. The molecule has 0 radical (unpaired) electrons. The summed E-state index contributed by atoms with van der Waals surface area (Å²) in [6.07, 6.45) is -3.37. The van der Waals surface area contributed by atoms with E-state index < -0.39 is 11.9 Å². The second-order valence-electron chi connectivity index (χ2n) is 1.81. The molecule has 2 N–H and O–H groups in total. The summed E-state index contributed by atoms with van der Waals surface area (Å²) in [6.45, 7) is 0.463. The summed E-state index contributed by atoms with van der Waals surface area (Å²) in [4.78, 5) is 0. The quantitative estimate of drug-likeness (QED) is 0.654. The predicted octanol–water partition coefficient (Wildman–Crippen LogP) is 1.63. The highest BCUT2D eigenvalue weighted by Crippen LogP contribution is 2.20. The summed E-state index contributed by atoms with van der Waals surface area (Å²) in [7, 11) is 0. The van der Waals surface area contributed by atoms with E-state index in [-0.39, 0.29) is 0 Å². The van der Waals surface area contributed by atoms with Gasteiger partial charge in [0.05, 0.1) is 5.75 Å². The Morgan fingerprint density at radius 2 is 1.90 bits per heavy atom. The number of alkyl halides is 3. The lowest BCUT2D eigenvalue weighted by molar-refractivity contribution is -0.105. The Hall–Kier alpha value is 0.100. The molecule has 0 rings (SSSR count). The summed E-state index contributed by atoms with van der Waals surface area (Å²) in [6, 6.07) is 0. The lowest BCUT2D eigenvalue weighted by atomic mass is 10.5. The van der Waals surface area contributed by atoms with Gasteiger partial charge in [-0.15, -0.1) is 0 Å². The lowest BCUT2D eigenvalue weighted by Gasteiger charge is -2.03. The highest BCUT2D eigenvalue weighted by atomic mass is 32.2. The molecule has 0 aliphatic rings. The fourth-order valence-electron chi connectivity index (χ4n) is 0.373. The molecule has 62 valence electrons. The normalized spacial score (nSPS) is 12.0. The van der Waals surface area contributed by atoms with Crippen LogP contribution in [0.3, 0.4) is 0 Å². The molecule has 0 amide bonds. The van der Waals surface area contributed by atoms with Crippen molar-refractivity contribution >= 4 is 11.8 Å². The largest absolute Gasteiger partial charge is 0.397 e. The molecule has 0 fully saturated rings. The van der Waals surface area contributed by atoms with Gasteiger partial charge in [-0.1, -0.05) is 0 Å². The second kappa shape index (κ2) is 4.85. The Labute approximate surface area is 62.2 Å². The summed E-state index contributed by atoms with van der Waals surface area (Å²) < 4.78 is 34.3. The van der Waals surface area contributed by atoms with Crippen molar-refractivity contribution in [2.45, 2.75) is 12.6 Å². The van der Waals surface area contributed by atoms with Crippen molar-refractivity contribution in [3.05, 3.63) is 0 Å². The van der Waals surface area contributed by atoms with Gasteiger partial charge in [-0.05, 0) is 18.7 Å². The van der Waals surface area contributed by atoms with E-state index in [1.165, 1.54) is 0 Å². The van der Waals surface area contributed by atoms with Gasteiger partial charge in [0, 0.05) is 0 Å². The molecule has 5 heteroatoms. The standard InChI is InChI=1S/C5H10F3NS/c6-5(7,8)4-10-3-1-2-9/h1-4,9H2. The SMILES string of the molecule is NCCCSCC(F)(F)F. The van der Waals surface area contributed by atoms with Crippen molar-refractivity contribution < 1.29 is 13.2 Å². The van der Waals surface area contributed by atoms with Crippen LogP contribution in [-0.4, -0.2) is 24.2 Å². The summed E-state index contributed by atoms with van der Waals surface area (Å²) in [5, 5.41) is 0. The van der Waals surface area contributed by atoms with Crippen molar-refractivity contribution in [2.24, 2.45) is 5.73 Å². The predicted molar refractivity (Wildman–Crippen MR) is 37.1 cm³/mol. The first-order chi connectivity index (χ1) is 4.56. The minimum Gasteiger partial charge on any atom is -0.330 e. The third-order valence-electron chi connectivity index (χ3n) is 0.759. The van der Waals surface area contributed by atoms with Crippen molar-refractivity contribution in [3.8, 4) is 0 Å². The zero-order valence-electron chi connectivity index (χ0n) is 5.45. The number of rotatable bonds is 4. The van der Waals surface area contributed by atoms with Crippen LogP contribution < -0.4 is 5.73 Å². The van der Waals surface area contributed by atoms with Crippen LogP contribution in [-0.2, 0) is 0 Å². The van der Waals surface area contributed by atoms with Crippen LogP contribution >= 0.6 is 11.8 Å². The number of nitrogens with two attached hydrogens (primary N) is 1. The van der Waals surface area contributed by atoms with Gasteiger partial charge in [-0.25, -0.2) is 0 Å². The van der Waals surface area contributed by atoms with Gasteiger partial charge in [0.1, 0.15) is 0 Å². The molecule has 0 heterocycles. The Kier molecular flexibility index (Phi) is 4.89. The van der Waals surface area contributed by atoms with Crippen molar-refractivity contribution in [3.63, 3.8) is 0 Å². The number of hydrogen-bond acceptors (Lipinski definition) is 2. The van der Waals surface area contributed by atoms with E-state index in [1.54, 1.807) is 0 Å². The van der Waals surface area contributed by atoms with Crippen LogP contribution in [0.15, 0.2) is 0 Å². The van der Waals surface area contributed by atoms with Crippen LogP contribution in [0.4, 0.5) is 13.2 Å². The lowest BCUT2D eigenvalue weighted by Crippen LogP contribution is -2.11. The zero-order valence-corrected chi connectivity index (χ0v) is 6.26. The summed E-state index contributed by atoms with van der Waals surface area (Å²) in [5.74, 6) is -0.261. The first-order valence-electron chi connectivity index (χ1n) is 2.91. The van der Waals surface area contributed by atoms with E-state index in [9.17, 15) is 13.2 Å². The average Bonchev–Trinajstić information content (AvgIpc) is 1.78. The monoisotopic (exact) mass is 173 g/mol. The molecule has 0 saturated carbocycles. The van der Waals surface area contributed by atoms with Crippen LogP contribution in [0.5, 0.6) is 0 Å². The van der Waals surface area contributed by atoms with Gasteiger partial charge < -0.3 is 5.73 Å². The Morgan fingerprint density at radius 1 is 1.30 bits per heavy atom. The third-order valence-corrected chi connectivity index (χ3v) is 1.87. The first-order valence-corrected chi connectivity index (χ1v) is 4.06. The summed E-state index contributed by atoms with van der Waals surface area (Å²) >= 11 is 0.880. The molecule has 0 atom stereocenters. The Morgan fingerprint density at radius 3 is 2.30 bits per heavy atom. The molecule has 10 heavy (non-hydrogen) atoms. The van der Waals surface area contributed by atoms with E-state index in [1.807, 2.05) is 0 Å². The maximum absolute atomic E-state index is 11.4.